The molecule has 74 valence electrons. The van der Waals surface area contributed by atoms with E-state index in [0.29, 0.717) is 0 Å². The topological polar surface area (TPSA) is 38.3 Å². The monoisotopic (exact) mass is 191 g/mol. The van der Waals surface area contributed by atoms with E-state index in [1.807, 2.05) is 31.2 Å². The molecule has 0 aromatic heterocycles. The summed E-state index contributed by atoms with van der Waals surface area (Å²) in [5, 5.41) is 3.00. The first-order valence-corrected chi connectivity index (χ1v) is 4.30. The molecule has 0 bridgehead atoms. The molecule has 0 radical (unpaired) electrons. The van der Waals surface area contributed by atoms with Crippen LogP contribution in [0.3, 0.4) is 0 Å². The van der Waals surface area contributed by atoms with Crippen molar-refractivity contribution in [3.63, 3.8) is 0 Å². The van der Waals surface area contributed by atoms with Gasteiger partial charge in [0.15, 0.2) is 0 Å². The van der Waals surface area contributed by atoms with Gasteiger partial charge in [-0.05, 0) is 18.6 Å². The predicted molar refractivity (Wildman–Crippen MR) is 56.0 cm³/mol. The molecular formula is C11H13NO2. The Morgan fingerprint density at radius 2 is 2.14 bits per heavy atom. The van der Waals surface area contributed by atoms with Crippen LogP contribution >= 0.6 is 0 Å². The minimum absolute atomic E-state index is 0.369. The fourth-order valence-corrected chi connectivity index (χ4v) is 1.00. The summed E-state index contributed by atoms with van der Waals surface area (Å²) in [6.07, 6.45) is 2.90. The third-order valence-electron chi connectivity index (χ3n) is 1.80. The zero-order valence-electron chi connectivity index (χ0n) is 8.28. The Kier molecular flexibility index (Phi) is 3.73. The van der Waals surface area contributed by atoms with Gasteiger partial charge in [-0.15, -0.1) is 0 Å². The predicted octanol–water partition coefficient (Wildman–Crippen LogP) is 2.09. The second kappa shape index (κ2) is 5.07. The molecule has 0 aliphatic heterocycles. The first kappa shape index (κ1) is 10.3. The third kappa shape index (κ3) is 2.94. The van der Waals surface area contributed by atoms with Gasteiger partial charge in [0.2, 0.25) is 0 Å². The van der Waals surface area contributed by atoms with Crippen LogP contribution < -0.4 is 5.32 Å². The summed E-state index contributed by atoms with van der Waals surface area (Å²) in [6, 6.07) is 7.83. The maximum atomic E-state index is 10.7. The number of methoxy groups -OCH3 is 1. The van der Waals surface area contributed by atoms with Crippen LogP contribution in [0.15, 0.2) is 36.5 Å². The Labute approximate surface area is 83.4 Å². The standard InChI is InChI=1S/C11H13NO2/c1-9-5-3-4-6-10(9)12-8-7-11(13)14-2/h3-8,12H,1-2H3/b8-7-. The Balaban J connectivity index is 2.58. The number of aryl methyl sites for hydroxylation is 1. The van der Waals surface area contributed by atoms with Crippen molar-refractivity contribution in [2.45, 2.75) is 6.92 Å². The maximum Gasteiger partial charge on any atom is 0.331 e. The van der Waals surface area contributed by atoms with Crippen LogP contribution in [-0.2, 0) is 9.53 Å². The molecule has 0 aliphatic rings. The lowest BCUT2D eigenvalue weighted by Crippen LogP contribution is -1.97. The summed E-state index contributed by atoms with van der Waals surface area (Å²) >= 11 is 0. The number of hydrogen-bond donors (Lipinski definition) is 1. The molecule has 0 fully saturated rings. The van der Waals surface area contributed by atoms with Gasteiger partial charge in [-0.2, -0.15) is 0 Å². The lowest BCUT2D eigenvalue weighted by Gasteiger charge is -2.03. The van der Waals surface area contributed by atoms with Crippen LogP contribution in [0.5, 0.6) is 0 Å². The van der Waals surface area contributed by atoms with Crippen molar-refractivity contribution in [3.05, 3.63) is 42.1 Å². The van der Waals surface area contributed by atoms with E-state index in [2.05, 4.69) is 10.1 Å². The first-order valence-electron chi connectivity index (χ1n) is 4.30. The Hall–Kier alpha value is -1.77. The average molecular weight is 191 g/mol. The van der Waals surface area contributed by atoms with E-state index in [1.165, 1.54) is 13.2 Å². The van der Waals surface area contributed by atoms with Crippen molar-refractivity contribution in [3.8, 4) is 0 Å². The van der Waals surface area contributed by atoms with Gasteiger partial charge in [-0.1, -0.05) is 18.2 Å². The van der Waals surface area contributed by atoms with Crippen LogP contribution in [0.25, 0.3) is 0 Å². The van der Waals surface area contributed by atoms with Crippen LogP contribution in [0.2, 0.25) is 0 Å². The van der Waals surface area contributed by atoms with Crippen LogP contribution in [0.4, 0.5) is 5.69 Å². The molecule has 1 aromatic carbocycles. The van der Waals surface area contributed by atoms with Crippen LogP contribution in [0, 0.1) is 6.92 Å². The fraction of sp³-hybridized carbons (Fsp3) is 0.182. The van der Waals surface area contributed by atoms with E-state index in [4.69, 9.17) is 0 Å². The molecule has 0 atom stereocenters. The lowest BCUT2D eigenvalue weighted by molar-refractivity contribution is -0.134. The Morgan fingerprint density at radius 1 is 1.43 bits per heavy atom. The van der Waals surface area contributed by atoms with Gasteiger partial charge >= 0.3 is 5.97 Å². The molecule has 0 spiro atoms. The van der Waals surface area contributed by atoms with Crippen molar-refractivity contribution in [1.82, 2.24) is 0 Å². The minimum atomic E-state index is -0.369. The largest absolute Gasteiger partial charge is 0.466 e. The summed E-state index contributed by atoms with van der Waals surface area (Å²) in [4.78, 5) is 10.7. The van der Waals surface area contributed by atoms with Crippen molar-refractivity contribution >= 4 is 11.7 Å². The minimum Gasteiger partial charge on any atom is -0.466 e. The van der Waals surface area contributed by atoms with Crippen LogP contribution in [0.1, 0.15) is 5.56 Å². The lowest BCUT2D eigenvalue weighted by atomic mass is 10.2. The number of anilines is 1. The van der Waals surface area contributed by atoms with Gasteiger partial charge in [-0.3, -0.25) is 0 Å². The number of benzene rings is 1. The smallest absolute Gasteiger partial charge is 0.331 e. The first-order chi connectivity index (χ1) is 6.74. The molecule has 14 heavy (non-hydrogen) atoms. The number of carbonyl (C=O) groups is 1. The number of hydrogen-bond acceptors (Lipinski definition) is 3. The number of carbonyl (C=O) groups excluding carboxylic acids is 1. The van der Waals surface area contributed by atoms with Gasteiger partial charge in [0, 0.05) is 18.0 Å². The molecule has 0 heterocycles. The van der Waals surface area contributed by atoms with Crippen LogP contribution in [-0.4, -0.2) is 13.1 Å². The molecule has 1 N–H and O–H groups in total. The molecule has 0 saturated carbocycles. The van der Waals surface area contributed by atoms with Crippen molar-refractivity contribution in [1.29, 1.82) is 0 Å². The van der Waals surface area contributed by atoms with Crippen molar-refractivity contribution in [2.24, 2.45) is 0 Å². The highest BCUT2D eigenvalue weighted by Gasteiger charge is 1.93. The summed E-state index contributed by atoms with van der Waals surface area (Å²) < 4.78 is 4.45. The third-order valence-corrected chi connectivity index (χ3v) is 1.80. The second-order valence-electron chi connectivity index (χ2n) is 2.82. The van der Waals surface area contributed by atoms with E-state index in [9.17, 15) is 4.79 Å². The van der Waals surface area contributed by atoms with Gasteiger partial charge in [-0.25, -0.2) is 4.79 Å². The molecule has 3 nitrogen and oxygen atoms in total. The zero-order valence-corrected chi connectivity index (χ0v) is 8.28. The number of rotatable bonds is 3. The van der Waals surface area contributed by atoms with E-state index < -0.39 is 0 Å². The summed E-state index contributed by atoms with van der Waals surface area (Å²) in [6.45, 7) is 1.99. The average Bonchev–Trinajstić information content (AvgIpc) is 2.20. The Morgan fingerprint density at radius 3 is 2.79 bits per heavy atom. The molecule has 0 amide bonds. The molecule has 3 heteroatoms. The second-order valence-corrected chi connectivity index (χ2v) is 2.82. The number of nitrogens with one attached hydrogen (secondary N) is 1. The quantitative estimate of drug-likeness (QED) is 0.587. The van der Waals surface area contributed by atoms with E-state index in [-0.39, 0.29) is 5.97 Å². The fourth-order valence-electron chi connectivity index (χ4n) is 1.00. The molecule has 1 rings (SSSR count). The maximum absolute atomic E-state index is 10.7. The molecule has 1 aromatic rings. The summed E-state index contributed by atoms with van der Waals surface area (Å²) in [5.41, 5.74) is 2.11. The normalized spacial score (nSPS) is 10.1. The molecule has 0 saturated heterocycles. The van der Waals surface area contributed by atoms with E-state index in [0.717, 1.165) is 11.3 Å². The zero-order chi connectivity index (χ0) is 10.4. The van der Waals surface area contributed by atoms with E-state index >= 15 is 0 Å². The highest BCUT2D eigenvalue weighted by molar-refractivity contribution is 5.82. The Bertz CT molecular complexity index is 345. The summed E-state index contributed by atoms with van der Waals surface area (Å²) in [5.74, 6) is -0.369. The molecule has 0 unspecified atom stereocenters. The van der Waals surface area contributed by atoms with Gasteiger partial charge in [0.25, 0.3) is 0 Å². The van der Waals surface area contributed by atoms with Gasteiger partial charge in [0.1, 0.15) is 0 Å². The molecular weight excluding hydrogens is 178 g/mol. The highest BCUT2D eigenvalue weighted by atomic mass is 16.5. The molecule has 0 aliphatic carbocycles. The van der Waals surface area contributed by atoms with Gasteiger partial charge < -0.3 is 10.1 Å². The van der Waals surface area contributed by atoms with Crippen molar-refractivity contribution < 1.29 is 9.53 Å². The SMILES string of the molecule is COC(=O)/C=C\Nc1ccccc1C. The van der Waals surface area contributed by atoms with Crippen molar-refractivity contribution in [2.75, 3.05) is 12.4 Å². The number of para-hydroxylation sites is 1. The summed E-state index contributed by atoms with van der Waals surface area (Å²) in [7, 11) is 1.35. The highest BCUT2D eigenvalue weighted by Crippen LogP contribution is 2.12. The van der Waals surface area contributed by atoms with Gasteiger partial charge in [0.05, 0.1) is 7.11 Å². The number of ether oxygens (including phenoxy) is 1. The van der Waals surface area contributed by atoms with E-state index in [1.54, 1.807) is 6.20 Å². The number of esters is 1.